The fraction of sp³-hybridized carbons (Fsp3) is 0.500. The summed E-state index contributed by atoms with van der Waals surface area (Å²) in [7, 11) is 0. The van der Waals surface area contributed by atoms with Crippen LogP contribution in [0, 0.1) is 0 Å². The van der Waals surface area contributed by atoms with Gasteiger partial charge in [-0.2, -0.15) is 0 Å². The lowest BCUT2D eigenvalue weighted by atomic mass is 10.1. The number of para-hydroxylation sites is 2. The summed E-state index contributed by atoms with van der Waals surface area (Å²) >= 11 is 0. The fourth-order valence-electron chi connectivity index (χ4n) is 2.97. The largest absolute Gasteiger partial charge is 0.522 e. The summed E-state index contributed by atoms with van der Waals surface area (Å²) in [6.45, 7) is 1.09. The van der Waals surface area contributed by atoms with Crippen molar-refractivity contribution in [2.45, 2.75) is 38.3 Å². The van der Waals surface area contributed by atoms with Gasteiger partial charge in [0.2, 0.25) is 5.91 Å². The van der Waals surface area contributed by atoms with Crippen LogP contribution in [-0.2, 0) is 16.1 Å². The molecule has 1 fully saturated rings. The number of carbonyl (C=O) groups is 1. The number of carbonyl (C=O) groups excluding carboxylic acids is 1. The van der Waals surface area contributed by atoms with Gasteiger partial charge in [-0.3, -0.25) is 9.53 Å². The number of alkyl halides is 3. The predicted molar refractivity (Wildman–Crippen MR) is 81.1 cm³/mol. The first-order chi connectivity index (χ1) is 11.4. The molecule has 8 heteroatoms. The minimum atomic E-state index is -4.61. The Labute approximate surface area is 137 Å². The number of amides is 1. The van der Waals surface area contributed by atoms with Crippen molar-refractivity contribution in [3.8, 4) is 0 Å². The first-order valence-electron chi connectivity index (χ1n) is 7.84. The Morgan fingerprint density at radius 3 is 2.67 bits per heavy atom. The molecule has 0 bridgehead atoms. The van der Waals surface area contributed by atoms with Gasteiger partial charge in [-0.1, -0.05) is 12.1 Å². The minimum absolute atomic E-state index is 0.0572. The number of fused-ring (bicyclic) bond motifs is 1. The average Bonchev–Trinajstić information content (AvgIpc) is 2.95. The minimum Gasteiger partial charge on any atom is -0.342 e. The maximum atomic E-state index is 12.3. The number of rotatable bonds is 4. The second kappa shape index (κ2) is 6.80. The predicted octanol–water partition coefficient (Wildman–Crippen LogP) is 2.95. The number of nitrogens with zero attached hydrogens (tertiary/aromatic N) is 3. The molecule has 0 unspecified atom stereocenters. The summed E-state index contributed by atoms with van der Waals surface area (Å²) in [5.74, 6) is -0.0572. The summed E-state index contributed by atoms with van der Waals surface area (Å²) in [5, 5.41) is 0. The number of halogens is 3. The van der Waals surface area contributed by atoms with Gasteiger partial charge in [0.15, 0.2) is 0 Å². The lowest BCUT2D eigenvalue weighted by molar-refractivity contribution is -0.345. The Bertz CT molecular complexity index is 706. The number of aromatic nitrogens is 2. The Morgan fingerprint density at radius 2 is 1.96 bits per heavy atom. The SMILES string of the molecule is O=C(CCn1cnc2ccccc21)N1CCC(OC(F)(F)F)CC1. The highest BCUT2D eigenvalue weighted by molar-refractivity contribution is 5.77. The third-order valence-corrected chi connectivity index (χ3v) is 4.19. The zero-order valence-corrected chi connectivity index (χ0v) is 13.0. The van der Waals surface area contributed by atoms with E-state index in [1.165, 1.54) is 0 Å². The van der Waals surface area contributed by atoms with Gasteiger partial charge in [-0.05, 0) is 25.0 Å². The molecule has 0 N–H and O–H groups in total. The number of piperidine rings is 1. The van der Waals surface area contributed by atoms with Gasteiger partial charge in [0, 0.05) is 26.1 Å². The van der Waals surface area contributed by atoms with E-state index in [9.17, 15) is 18.0 Å². The van der Waals surface area contributed by atoms with Gasteiger partial charge >= 0.3 is 6.36 Å². The molecule has 5 nitrogen and oxygen atoms in total. The lowest BCUT2D eigenvalue weighted by Crippen LogP contribution is -2.42. The van der Waals surface area contributed by atoms with Crippen molar-refractivity contribution in [3.05, 3.63) is 30.6 Å². The highest BCUT2D eigenvalue weighted by Crippen LogP contribution is 2.24. The first kappa shape index (κ1) is 16.8. The summed E-state index contributed by atoms with van der Waals surface area (Å²) in [5.41, 5.74) is 1.83. The van der Waals surface area contributed by atoms with Gasteiger partial charge in [0.05, 0.1) is 23.5 Å². The Morgan fingerprint density at radius 1 is 1.25 bits per heavy atom. The molecule has 2 aromatic rings. The van der Waals surface area contributed by atoms with Crippen molar-refractivity contribution in [2.24, 2.45) is 0 Å². The molecule has 0 atom stereocenters. The van der Waals surface area contributed by atoms with Crippen LogP contribution in [0.25, 0.3) is 11.0 Å². The van der Waals surface area contributed by atoms with Crippen LogP contribution >= 0.6 is 0 Å². The summed E-state index contributed by atoms with van der Waals surface area (Å²) in [4.78, 5) is 18.1. The normalized spacial score (nSPS) is 16.7. The second-order valence-corrected chi connectivity index (χ2v) is 5.82. The Hall–Kier alpha value is -2.09. The summed E-state index contributed by atoms with van der Waals surface area (Å²) in [6, 6.07) is 7.65. The molecule has 1 aliphatic rings. The molecule has 130 valence electrons. The van der Waals surface area contributed by atoms with Crippen LogP contribution in [0.3, 0.4) is 0 Å². The molecule has 24 heavy (non-hydrogen) atoms. The number of ether oxygens (including phenoxy) is 1. The van der Waals surface area contributed by atoms with Gasteiger partial charge < -0.3 is 9.47 Å². The van der Waals surface area contributed by atoms with Crippen LogP contribution < -0.4 is 0 Å². The molecule has 0 saturated carbocycles. The highest BCUT2D eigenvalue weighted by atomic mass is 19.4. The van der Waals surface area contributed by atoms with Crippen molar-refractivity contribution in [3.63, 3.8) is 0 Å². The van der Waals surface area contributed by atoms with E-state index in [-0.39, 0.29) is 18.7 Å². The van der Waals surface area contributed by atoms with Gasteiger partial charge in [-0.25, -0.2) is 4.98 Å². The van der Waals surface area contributed by atoms with Crippen molar-refractivity contribution >= 4 is 16.9 Å². The molecule has 3 rings (SSSR count). The molecule has 1 aromatic carbocycles. The number of benzene rings is 1. The maximum absolute atomic E-state index is 12.3. The van der Waals surface area contributed by atoms with E-state index < -0.39 is 12.5 Å². The van der Waals surface area contributed by atoms with E-state index in [1.54, 1.807) is 11.2 Å². The van der Waals surface area contributed by atoms with Crippen LogP contribution in [0.15, 0.2) is 30.6 Å². The zero-order chi connectivity index (χ0) is 17.2. The molecular formula is C16H18F3N3O2. The van der Waals surface area contributed by atoms with E-state index >= 15 is 0 Å². The van der Waals surface area contributed by atoms with Crippen LogP contribution in [0.5, 0.6) is 0 Å². The highest BCUT2D eigenvalue weighted by Gasteiger charge is 2.35. The molecule has 1 amide bonds. The van der Waals surface area contributed by atoms with Crippen molar-refractivity contribution in [1.82, 2.24) is 14.5 Å². The quantitative estimate of drug-likeness (QED) is 0.859. The molecule has 0 aliphatic carbocycles. The standard InChI is InChI=1S/C16H18F3N3O2/c17-16(18,19)24-12-5-8-21(9-6-12)15(23)7-10-22-11-20-13-3-1-2-4-14(13)22/h1-4,11-12H,5-10H2. The van der Waals surface area contributed by atoms with Crippen LogP contribution in [-0.4, -0.2) is 45.9 Å². The van der Waals surface area contributed by atoms with Crippen LogP contribution in [0.4, 0.5) is 13.2 Å². The van der Waals surface area contributed by atoms with Gasteiger partial charge in [-0.15, -0.1) is 13.2 Å². The molecule has 2 heterocycles. The molecular weight excluding hydrogens is 323 g/mol. The number of hydrogen-bond donors (Lipinski definition) is 0. The number of hydrogen-bond acceptors (Lipinski definition) is 3. The van der Waals surface area contributed by atoms with E-state index in [0.29, 0.717) is 26.1 Å². The van der Waals surface area contributed by atoms with Crippen LogP contribution in [0.2, 0.25) is 0 Å². The Balaban J connectivity index is 1.50. The molecule has 1 aromatic heterocycles. The fourth-order valence-corrected chi connectivity index (χ4v) is 2.97. The molecule has 1 saturated heterocycles. The summed E-state index contributed by atoms with van der Waals surface area (Å²) in [6.07, 6.45) is -3.06. The Kier molecular flexibility index (Phi) is 4.75. The van der Waals surface area contributed by atoms with Gasteiger partial charge in [0.1, 0.15) is 0 Å². The summed E-state index contributed by atoms with van der Waals surface area (Å²) < 4.78 is 42.5. The maximum Gasteiger partial charge on any atom is 0.522 e. The van der Waals surface area contributed by atoms with E-state index in [4.69, 9.17) is 0 Å². The van der Waals surface area contributed by atoms with Gasteiger partial charge in [0.25, 0.3) is 0 Å². The monoisotopic (exact) mass is 341 g/mol. The average molecular weight is 341 g/mol. The first-order valence-corrected chi connectivity index (χ1v) is 7.84. The van der Waals surface area contributed by atoms with Crippen LogP contribution in [0.1, 0.15) is 19.3 Å². The third kappa shape index (κ3) is 4.05. The van der Waals surface area contributed by atoms with Crippen molar-refractivity contribution in [1.29, 1.82) is 0 Å². The van der Waals surface area contributed by atoms with Crippen molar-refractivity contribution in [2.75, 3.05) is 13.1 Å². The number of likely N-dealkylation sites (tertiary alicyclic amines) is 1. The van der Waals surface area contributed by atoms with Crippen molar-refractivity contribution < 1.29 is 22.7 Å². The van der Waals surface area contributed by atoms with E-state index in [2.05, 4.69) is 9.72 Å². The van der Waals surface area contributed by atoms with E-state index in [1.807, 2.05) is 28.8 Å². The molecule has 0 spiro atoms. The third-order valence-electron chi connectivity index (χ3n) is 4.19. The number of imidazole rings is 1. The molecule has 0 radical (unpaired) electrons. The smallest absolute Gasteiger partial charge is 0.342 e. The zero-order valence-electron chi connectivity index (χ0n) is 13.0. The second-order valence-electron chi connectivity index (χ2n) is 5.82. The number of aryl methyl sites for hydroxylation is 1. The topological polar surface area (TPSA) is 47.4 Å². The lowest BCUT2D eigenvalue weighted by Gasteiger charge is -2.32. The molecule has 1 aliphatic heterocycles. The van der Waals surface area contributed by atoms with E-state index in [0.717, 1.165) is 11.0 Å².